The summed E-state index contributed by atoms with van der Waals surface area (Å²) in [5.41, 5.74) is 10.5. The number of hydrogen-bond acceptors (Lipinski definition) is 7. The summed E-state index contributed by atoms with van der Waals surface area (Å²) in [5, 5.41) is 13.8. The van der Waals surface area contributed by atoms with Crippen LogP contribution in [-0.4, -0.2) is 41.6 Å². The molecule has 0 aliphatic rings. The summed E-state index contributed by atoms with van der Waals surface area (Å²) in [6.45, 7) is 2.85. The Labute approximate surface area is 172 Å². The number of hydrazone groups is 1. The number of benzene rings is 1. The number of anilines is 2. The second kappa shape index (κ2) is 9.20. The Morgan fingerprint density at radius 3 is 2.87 bits per heavy atom. The number of hydrogen-bond donors (Lipinski definition) is 5. The highest BCUT2D eigenvalue weighted by Gasteiger charge is 2.17. The molecule has 1 amide bonds. The molecular formula is C19H23FN8O2. The topological polar surface area (TPSA) is 144 Å². The number of nitrogens with zero attached hydrogens (tertiary/aromatic N) is 3. The van der Waals surface area contributed by atoms with Gasteiger partial charge in [-0.25, -0.2) is 20.3 Å². The van der Waals surface area contributed by atoms with Gasteiger partial charge in [0.1, 0.15) is 5.82 Å². The van der Waals surface area contributed by atoms with Gasteiger partial charge in [0.15, 0.2) is 5.84 Å². The van der Waals surface area contributed by atoms with Crippen molar-refractivity contribution in [3.05, 3.63) is 59.2 Å². The van der Waals surface area contributed by atoms with Gasteiger partial charge in [-0.15, -0.1) is 5.10 Å². The lowest BCUT2D eigenvalue weighted by atomic mass is 10.1. The van der Waals surface area contributed by atoms with Crippen LogP contribution in [0, 0.1) is 12.7 Å². The van der Waals surface area contributed by atoms with Crippen molar-refractivity contribution in [3.63, 3.8) is 0 Å². The van der Waals surface area contributed by atoms with Crippen LogP contribution in [0.3, 0.4) is 0 Å². The van der Waals surface area contributed by atoms with Gasteiger partial charge in [-0.3, -0.25) is 4.79 Å². The maximum atomic E-state index is 14.2. The third-order valence-electron chi connectivity index (χ3n) is 4.42. The molecule has 0 bridgehead atoms. The second-order valence-corrected chi connectivity index (χ2v) is 6.45. The molecule has 0 radical (unpaired) electrons. The minimum Gasteiger partial charge on any atom is -0.383 e. The molecule has 158 valence electrons. The highest BCUT2D eigenvalue weighted by molar-refractivity contribution is 6.10. The number of aryl methyl sites for hydroxylation is 1. The normalized spacial score (nSPS) is 11.5. The Morgan fingerprint density at radius 1 is 1.33 bits per heavy atom. The van der Waals surface area contributed by atoms with Crippen molar-refractivity contribution >= 4 is 28.6 Å². The smallest absolute Gasteiger partial charge is 0.259 e. The average Bonchev–Trinajstić information content (AvgIpc) is 3.13. The Morgan fingerprint density at radius 2 is 2.13 bits per heavy atom. The number of hydrazine groups is 1. The molecule has 3 rings (SSSR count). The molecule has 2 aromatic heterocycles. The molecular weight excluding hydrogens is 391 g/mol. The van der Waals surface area contributed by atoms with Crippen molar-refractivity contribution in [3.8, 4) is 0 Å². The van der Waals surface area contributed by atoms with Gasteiger partial charge in [0.2, 0.25) is 0 Å². The van der Waals surface area contributed by atoms with E-state index in [-0.39, 0.29) is 11.4 Å². The van der Waals surface area contributed by atoms with Crippen LogP contribution in [0.15, 0.2) is 41.8 Å². The highest BCUT2D eigenvalue weighted by Crippen LogP contribution is 2.22. The van der Waals surface area contributed by atoms with Crippen molar-refractivity contribution in [1.29, 1.82) is 0 Å². The van der Waals surface area contributed by atoms with Crippen molar-refractivity contribution in [2.45, 2.75) is 6.92 Å². The maximum absolute atomic E-state index is 14.2. The molecule has 0 aliphatic heterocycles. The molecule has 0 spiro atoms. The maximum Gasteiger partial charge on any atom is 0.259 e. The molecule has 0 fully saturated rings. The Hall–Kier alpha value is -3.70. The van der Waals surface area contributed by atoms with Crippen LogP contribution in [0.4, 0.5) is 15.8 Å². The van der Waals surface area contributed by atoms with Crippen molar-refractivity contribution < 1.29 is 13.9 Å². The summed E-state index contributed by atoms with van der Waals surface area (Å²) in [6, 6.07) is 6.33. The summed E-state index contributed by atoms with van der Waals surface area (Å²) in [4.78, 5) is 12.9. The van der Waals surface area contributed by atoms with E-state index in [4.69, 9.17) is 16.3 Å². The first-order valence-corrected chi connectivity index (χ1v) is 9.05. The molecule has 0 unspecified atom stereocenters. The van der Waals surface area contributed by atoms with Crippen LogP contribution in [0.1, 0.15) is 21.5 Å². The van der Waals surface area contributed by atoms with E-state index in [1.54, 1.807) is 24.7 Å². The van der Waals surface area contributed by atoms with Gasteiger partial charge >= 0.3 is 0 Å². The SMILES string of the molecule is COCCNc1ccn2ncc(C(=O)Nc3cc(/C(N)=N/NN)c(F)cc3C)c2c1. The fraction of sp³-hybridized carbons (Fsp3) is 0.211. The van der Waals surface area contributed by atoms with Gasteiger partial charge < -0.3 is 21.1 Å². The molecule has 0 saturated heterocycles. The third kappa shape index (κ3) is 4.47. The number of nitrogens with one attached hydrogen (secondary N) is 3. The van der Waals surface area contributed by atoms with Crippen LogP contribution >= 0.6 is 0 Å². The molecule has 7 N–H and O–H groups in total. The van der Waals surface area contributed by atoms with Gasteiger partial charge in [0.05, 0.1) is 29.4 Å². The fourth-order valence-electron chi connectivity index (χ4n) is 2.89. The Kier molecular flexibility index (Phi) is 6.45. The number of amidine groups is 1. The number of rotatable bonds is 8. The molecule has 10 nitrogen and oxygen atoms in total. The summed E-state index contributed by atoms with van der Waals surface area (Å²) in [6.07, 6.45) is 3.22. The number of methoxy groups -OCH3 is 1. The Bertz CT molecular complexity index is 1100. The van der Waals surface area contributed by atoms with Gasteiger partial charge in [-0.1, -0.05) is 0 Å². The van der Waals surface area contributed by atoms with Gasteiger partial charge in [0, 0.05) is 31.2 Å². The van der Waals surface area contributed by atoms with Gasteiger partial charge in [0.25, 0.3) is 5.91 Å². The van der Waals surface area contributed by atoms with E-state index in [9.17, 15) is 9.18 Å². The van der Waals surface area contributed by atoms with E-state index in [1.807, 2.05) is 17.7 Å². The zero-order valence-corrected chi connectivity index (χ0v) is 16.6. The molecule has 0 aliphatic carbocycles. The number of amides is 1. The summed E-state index contributed by atoms with van der Waals surface area (Å²) >= 11 is 0. The molecule has 0 atom stereocenters. The number of carbonyl (C=O) groups excluding carboxylic acids is 1. The first-order chi connectivity index (χ1) is 14.4. The molecule has 3 aromatic rings. The summed E-state index contributed by atoms with van der Waals surface area (Å²) < 4.78 is 20.8. The predicted octanol–water partition coefficient (Wildman–Crippen LogP) is 1.18. The number of nitrogens with two attached hydrogens (primary N) is 2. The number of pyridine rings is 1. The monoisotopic (exact) mass is 414 g/mol. The first-order valence-electron chi connectivity index (χ1n) is 9.05. The largest absolute Gasteiger partial charge is 0.383 e. The molecule has 30 heavy (non-hydrogen) atoms. The third-order valence-corrected chi connectivity index (χ3v) is 4.42. The van der Waals surface area contributed by atoms with Crippen LogP contribution in [0.5, 0.6) is 0 Å². The predicted molar refractivity (Wildman–Crippen MR) is 113 cm³/mol. The summed E-state index contributed by atoms with van der Waals surface area (Å²) in [5.74, 6) is 3.98. The lowest BCUT2D eigenvalue weighted by Gasteiger charge is -2.11. The number of aromatic nitrogens is 2. The van der Waals surface area contributed by atoms with E-state index >= 15 is 0 Å². The van der Waals surface area contributed by atoms with E-state index in [2.05, 4.69) is 20.8 Å². The van der Waals surface area contributed by atoms with Crippen LogP contribution in [-0.2, 0) is 4.74 Å². The number of fused-ring (bicyclic) bond motifs is 1. The fourth-order valence-corrected chi connectivity index (χ4v) is 2.89. The minimum atomic E-state index is -0.579. The first kappa shape index (κ1) is 21.0. The van der Waals surface area contributed by atoms with Crippen LogP contribution < -0.4 is 27.7 Å². The van der Waals surface area contributed by atoms with E-state index in [1.165, 1.54) is 18.3 Å². The Balaban J connectivity index is 1.89. The van der Waals surface area contributed by atoms with Crippen molar-refractivity contribution in [2.75, 3.05) is 30.9 Å². The van der Waals surface area contributed by atoms with Crippen LogP contribution in [0.2, 0.25) is 0 Å². The lowest BCUT2D eigenvalue weighted by Crippen LogP contribution is -2.24. The number of ether oxygens (including phenoxy) is 1. The van der Waals surface area contributed by atoms with Crippen molar-refractivity contribution in [2.24, 2.45) is 16.7 Å². The highest BCUT2D eigenvalue weighted by atomic mass is 19.1. The van der Waals surface area contributed by atoms with E-state index < -0.39 is 11.7 Å². The number of halogens is 1. The van der Waals surface area contributed by atoms with Crippen LogP contribution in [0.25, 0.3) is 5.52 Å². The summed E-state index contributed by atoms with van der Waals surface area (Å²) in [7, 11) is 1.62. The number of carbonyl (C=O) groups is 1. The standard InChI is InChI=1S/C19H23FN8O2/c1-11-7-15(20)13(18(21)26-27-22)9-16(11)25-19(29)14-10-24-28-5-3-12(8-17(14)28)23-4-6-30-2/h3,5,7-10,23,27H,4,6,22H2,1-2H3,(H2,21,26)(H,25,29). The second-order valence-electron chi connectivity index (χ2n) is 6.45. The zero-order chi connectivity index (χ0) is 21.7. The van der Waals surface area contributed by atoms with Gasteiger partial charge in [-0.2, -0.15) is 5.10 Å². The average molecular weight is 414 g/mol. The lowest BCUT2D eigenvalue weighted by molar-refractivity contribution is 0.102. The van der Waals surface area contributed by atoms with Gasteiger partial charge in [-0.05, 0) is 36.8 Å². The molecule has 1 aromatic carbocycles. The van der Waals surface area contributed by atoms with E-state index in [0.29, 0.717) is 35.5 Å². The van der Waals surface area contributed by atoms with E-state index in [0.717, 1.165) is 5.69 Å². The molecule has 0 saturated carbocycles. The molecule has 11 heteroatoms. The molecule has 2 heterocycles. The van der Waals surface area contributed by atoms with Crippen molar-refractivity contribution in [1.82, 2.24) is 15.1 Å². The quantitative estimate of drug-likeness (QED) is 0.122. The minimum absolute atomic E-state index is 0.0124. The zero-order valence-electron chi connectivity index (χ0n) is 16.6.